The summed E-state index contributed by atoms with van der Waals surface area (Å²) < 4.78 is 25.7. The summed E-state index contributed by atoms with van der Waals surface area (Å²) in [4.78, 5) is 14.5. The number of benzene rings is 1. The van der Waals surface area contributed by atoms with Crippen molar-refractivity contribution in [1.82, 2.24) is 4.90 Å². The second-order valence-electron chi connectivity index (χ2n) is 6.51. The van der Waals surface area contributed by atoms with E-state index in [0.717, 1.165) is 38.5 Å². The summed E-state index contributed by atoms with van der Waals surface area (Å²) in [6, 6.07) is 8.62. The second kappa shape index (κ2) is 6.03. The first-order valence-corrected chi connectivity index (χ1v) is 9.77. The summed E-state index contributed by atoms with van der Waals surface area (Å²) in [6.45, 7) is 0.711. The van der Waals surface area contributed by atoms with E-state index in [9.17, 15) is 13.2 Å². The maximum atomic E-state index is 12.8. The third kappa shape index (κ3) is 2.91. The normalized spacial score (nSPS) is 22.0. The fourth-order valence-corrected chi connectivity index (χ4v) is 5.81. The zero-order valence-electron chi connectivity index (χ0n) is 12.8. The number of likely N-dealkylation sites (tertiary alicyclic amines) is 1. The van der Waals surface area contributed by atoms with Gasteiger partial charge in [-0.3, -0.25) is 4.79 Å². The topological polar surface area (TPSA) is 54.5 Å². The van der Waals surface area contributed by atoms with E-state index in [2.05, 4.69) is 0 Å². The van der Waals surface area contributed by atoms with E-state index in [-0.39, 0.29) is 11.7 Å². The predicted molar refractivity (Wildman–Crippen MR) is 85.3 cm³/mol. The molecule has 22 heavy (non-hydrogen) atoms. The standard InChI is InChI=1S/C17H23NO3S/c19-16-10-7-13-18(16)17(11-5-2-6-12-17)14-22(20,21)15-8-3-1-4-9-15/h1,3-4,8-9H,2,5-7,10-14H2. The Labute approximate surface area is 132 Å². The number of rotatable bonds is 4. The molecule has 1 aliphatic carbocycles. The van der Waals surface area contributed by atoms with Crippen LogP contribution in [0.1, 0.15) is 44.9 Å². The lowest BCUT2D eigenvalue weighted by Gasteiger charge is -2.44. The van der Waals surface area contributed by atoms with Gasteiger partial charge in [0.05, 0.1) is 16.2 Å². The predicted octanol–water partition coefficient (Wildman–Crippen LogP) is 2.79. The Morgan fingerprint density at radius 2 is 1.68 bits per heavy atom. The van der Waals surface area contributed by atoms with Crippen LogP contribution in [0.5, 0.6) is 0 Å². The van der Waals surface area contributed by atoms with Gasteiger partial charge >= 0.3 is 0 Å². The largest absolute Gasteiger partial charge is 0.336 e. The van der Waals surface area contributed by atoms with Gasteiger partial charge < -0.3 is 4.90 Å². The molecule has 1 amide bonds. The average Bonchev–Trinajstić information content (AvgIpc) is 2.95. The molecule has 3 rings (SSSR count). The van der Waals surface area contributed by atoms with Gasteiger partial charge in [-0.1, -0.05) is 37.5 Å². The van der Waals surface area contributed by atoms with Crippen molar-refractivity contribution in [3.63, 3.8) is 0 Å². The first-order chi connectivity index (χ1) is 10.5. The van der Waals surface area contributed by atoms with Crippen LogP contribution in [-0.2, 0) is 14.6 Å². The van der Waals surface area contributed by atoms with Crippen molar-refractivity contribution in [2.75, 3.05) is 12.3 Å². The van der Waals surface area contributed by atoms with Crippen molar-refractivity contribution in [3.05, 3.63) is 30.3 Å². The number of amides is 1. The van der Waals surface area contributed by atoms with E-state index in [0.29, 0.717) is 17.9 Å². The minimum atomic E-state index is -3.37. The summed E-state index contributed by atoms with van der Waals surface area (Å²) in [5.74, 6) is 0.195. The summed E-state index contributed by atoms with van der Waals surface area (Å²) in [5, 5.41) is 0. The zero-order valence-corrected chi connectivity index (χ0v) is 13.6. The number of nitrogens with zero attached hydrogens (tertiary/aromatic N) is 1. The molecule has 2 fully saturated rings. The molecule has 4 nitrogen and oxygen atoms in total. The molecule has 5 heteroatoms. The van der Waals surface area contributed by atoms with Gasteiger partial charge in [-0.2, -0.15) is 0 Å². The van der Waals surface area contributed by atoms with Gasteiger partial charge in [-0.05, 0) is 31.4 Å². The van der Waals surface area contributed by atoms with Crippen LogP contribution < -0.4 is 0 Å². The first kappa shape index (κ1) is 15.5. The molecule has 0 spiro atoms. The Morgan fingerprint density at radius 3 is 2.27 bits per heavy atom. The molecule has 0 radical (unpaired) electrons. The molecule has 1 aromatic rings. The molecule has 0 aromatic heterocycles. The minimum absolute atomic E-state index is 0.0652. The van der Waals surface area contributed by atoms with Gasteiger partial charge in [-0.25, -0.2) is 8.42 Å². The molecule has 0 N–H and O–H groups in total. The molecule has 1 aromatic carbocycles. The van der Waals surface area contributed by atoms with Crippen LogP contribution in [0.4, 0.5) is 0 Å². The third-order valence-electron chi connectivity index (χ3n) is 4.99. The maximum absolute atomic E-state index is 12.8. The Morgan fingerprint density at radius 1 is 1.00 bits per heavy atom. The Balaban J connectivity index is 1.92. The monoisotopic (exact) mass is 321 g/mol. The highest BCUT2D eigenvalue weighted by molar-refractivity contribution is 7.91. The second-order valence-corrected chi connectivity index (χ2v) is 8.50. The Bertz CT molecular complexity index is 633. The molecule has 0 bridgehead atoms. The highest BCUT2D eigenvalue weighted by atomic mass is 32.2. The number of hydrogen-bond acceptors (Lipinski definition) is 3. The van der Waals surface area contributed by atoms with Crippen LogP contribution in [0, 0.1) is 0 Å². The van der Waals surface area contributed by atoms with Gasteiger partial charge in [0.25, 0.3) is 0 Å². The lowest BCUT2D eigenvalue weighted by atomic mass is 9.82. The van der Waals surface area contributed by atoms with E-state index in [1.165, 1.54) is 0 Å². The molecule has 0 atom stereocenters. The van der Waals surface area contributed by atoms with E-state index >= 15 is 0 Å². The average molecular weight is 321 g/mol. The molecule has 1 aliphatic heterocycles. The maximum Gasteiger partial charge on any atom is 0.223 e. The Hall–Kier alpha value is -1.36. The highest BCUT2D eigenvalue weighted by Crippen LogP contribution is 2.38. The quantitative estimate of drug-likeness (QED) is 0.857. The fourth-order valence-electron chi connectivity index (χ4n) is 3.92. The van der Waals surface area contributed by atoms with E-state index in [1.54, 1.807) is 24.3 Å². The van der Waals surface area contributed by atoms with Crippen LogP contribution >= 0.6 is 0 Å². The van der Waals surface area contributed by atoms with Gasteiger partial charge in [-0.15, -0.1) is 0 Å². The lowest BCUT2D eigenvalue weighted by Crippen LogP contribution is -2.54. The van der Waals surface area contributed by atoms with Gasteiger partial charge in [0.1, 0.15) is 0 Å². The van der Waals surface area contributed by atoms with Crippen LogP contribution in [0.3, 0.4) is 0 Å². The molecule has 2 aliphatic rings. The number of carbonyl (C=O) groups excluding carboxylic acids is 1. The van der Waals surface area contributed by atoms with Crippen molar-refractivity contribution in [2.45, 2.75) is 55.4 Å². The summed E-state index contributed by atoms with van der Waals surface area (Å²) in [7, 11) is -3.37. The van der Waals surface area contributed by atoms with Crippen LogP contribution in [0.25, 0.3) is 0 Å². The number of hydrogen-bond donors (Lipinski definition) is 0. The van der Waals surface area contributed by atoms with E-state index in [1.807, 2.05) is 11.0 Å². The lowest BCUT2D eigenvalue weighted by molar-refractivity contribution is -0.133. The molecule has 0 unspecified atom stereocenters. The molecule has 1 heterocycles. The molecular weight excluding hydrogens is 298 g/mol. The van der Waals surface area contributed by atoms with E-state index in [4.69, 9.17) is 0 Å². The molecule has 1 saturated heterocycles. The van der Waals surface area contributed by atoms with Crippen molar-refractivity contribution < 1.29 is 13.2 Å². The summed E-state index contributed by atoms with van der Waals surface area (Å²) in [6.07, 6.45) is 6.19. The summed E-state index contributed by atoms with van der Waals surface area (Å²) in [5.41, 5.74) is -0.486. The van der Waals surface area contributed by atoms with Crippen LogP contribution in [-0.4, -0.2) is 37.1 Å². The van der Waals surface area contributed by atoms with Gasteiger partial charge in [0, 0.05) is 13.0 Å². The fraction of sp³-hybridized carbons (Fsp3) is 0.588. The summed E-state index contributed by atoms with van der Waals surface area (Å²) >= 11 is 0. The molecular formula is C17H23NO3S. The third-order valence-corrected chi connectivity index (χ3v) is 6.90. The van der Waals surface area contributed by atoms with Crippen molar-refractivity contribution in [3.8, 4) is 0 Å². The molecule has 120 valence electrons. The Kier molecular flexibility index (Phi) is 4.26. The number of sulfone groups is 1. The van der Waals surface area contributed by atoms with Crippen molar-refractivity contribution in [2.24, 2.45) is 0 Å². The van der Waals surface area contributed by atoms with Crippen molar-refractivity contribution >= 4 is 15.7 Å². The van der Waals surface area contributed by atoms with Crippen LogP contribution in [0.15, 0.2) is 35.2 Å². The van der Waals surface area contributed by atoms with Gasteiger partial charge in [0.15, 0.2) is 9.84 Å². The first-order valence-electron chi connectivity index (χ1n) is 8.12. The smallest absolute Gasteiger partial charge is 0.223 e. The number of carbonyl (C=O) groups is 1. The molecule has 1 saturated carbocycles. The SMILES string of the molecule is O=C1CCCN1C1(CS(=O)(=O)c2ccccc2)CCCCC1. The minimum Gasteiger partial charge on any atom is -0.336 e. The zero-order chi connectivity index (χ0) is 15.6. The van der Waals surface area contributed by atoms with Crippen molar-refractivity contribution in [1.29, 1.82) is 0 Å². The van der Waals surface area contributed by atoms with Gasteiger partial charge in [0.2, 0.25) is 5.91 Å². The van der Waals surface area contributed by atoms with Crippen LogP contribution in [0.2, 0.25) is 0 Å². The highest BCUT2D eigenvalue weighted by Gasteiger charge is 2.45. The van der Waals surface area contributed by atoms with E-state index < -0.39 is 15.4 Å².